The first kappa shape index (κ1) is 15.9. The Balaban J connectivity index is 1.93. The van der Waals surface area contributed by atoms with E-state index in [0.717, 1.165) is 18.8 Å². The van der Waals surface area contributed by atoms with Crippen LogP contribution in [0.5, 0.6) is 0 Å². The van der Waals surface area contributed by atoms with E-state index in [2.05, 4.69) is 20.5 Å². The molecule has 0 aliphatic heterocycles. The first-order valence-electron chi connectivity index (χ1n) is 6.96. The third kappa shape index (κ3) is 4.82. The van der Waals surface area contributed by atoms with Gasteiger partial charge >= 0.3 is 0 Å². The van der Waals surface area contributed by atoms with Crippen molar-refractivity contribution in [2.24, 2.45) is 0 Å². The fourth-order valence-electron chi connectivity index (χ4n) is 1.82. The number of benzene rings is 1. The largest absolute Gasteiger partial charge is 0.383 e. The minimum Gasteiger partial charge on any atom is -0.383 e. The molecule has 0 saturated carbocycles. The van der Waals surface area contributed by atoms with Crippen LogP contribution in [0.1, 0.15) is 10.5 Å². The van der Waals surface area contributed by atoms with Crippen LogP contribution in [0.2, 0.25) is 0 Å². The van der Waals surface area contributed by atoms with E-state index in [0.29, 0.717) is 5.69 Å². The van der Waals surface area contributed by atoms with Gasteiger partial charge in [0, 0.05) is 18.8 Å². The maximum absolute atomic E-state index is 13.1. The van der Waals surface area contributed by atoms with Gasteiger partial charge in [-0.3, -0.25) is 4.79 Å². The molecule has 6 heteroatoms. The summed E-state index contributed by atoms with van der Waals surface area (Å²) in [4.78, 5) is 18.2. The van der Waals surface area contributed by atoms with E-state index in [1.54, 1.807) is 24.4 Å². The molecule has 2 N–H and O–H groups in total. The second-order valence-corrected chi connectivity index (χ2v) is 5.13. The fourth-order valence-corrected chi connectivity index (χ4v) is 1.82. The van der Waals surface area contributed by atoms with Crippen LogP contribution in [0.4, 0.5) is 15.8 Å². The molecule has 0 bridgehead atoms. The molecule has 2 aromatic rings. The lowest BCUT2D eigenvalue weighted by atomic mass is 10.2. The zero-order valence-electron chi connectivity index (χ0n) is 12.6. The Kier molecular flexibility index (Phi) is 5.43. The minimum atomic E-state index is -0.397. The molecule has 0 spiro atoms. The molecule has 0 radical (unpaired) electrons. The Labute approximate surface area is 129 Å². The Morgan fingerprint density at radius 1 is 1.23 bits per heavy atom. The van der Waals surface area contributed by atoms with Gasteiger partial charge in [0.2, 0.25) is 0 Å². The highest BCUT2D eigenvalue weighted by Crippen LogP contribution is 2.11. The van der Waals surface area contributed by atoms with Gasteiger partial charge in [0.1, 0.15) is 11.5 Å². The number of aromatic nitrogens is 1. The molecule has 0 atom stereocenters. The van der Waals surface area contributed by atoms with Crippen LogP contribution in [0.25, 0.3) is 0 Å². The number of hydrogen-bond acceptors (Lipinski definition) is 4. The minimum absolute atomic E-state index is 0.280. The third-order valence-corrected chi connectivity index (χ3v) is 2.97. The zero-order chi connectivity index (χ0) is 15.9. The number of hydrogen-bond donors (Lipinski definition) is 2. The number of nitrogens with one attached hydrogen (secondary N) is 2. The summed E-state index contributed by atoms with van der Waals surface area (Å²) in [5.74, 6) is -0.767. The summed E-state index contributed by atoms with van der Waals surface area (Å²) in [6.07, 6.45) is 1.61. The van der Waals surface area contributed by atoms with Crippen molar-refractivity contribution in [1.82, 2.24) is 9.88 Å². The van der Waals surface area contributed by atoms with E-state index in [-0.39, 0.29) is 11.6 Å². The molecule has 0 unspecified atom stereocenters. The SMILES string of the molecule is CN(C)CCNc1ccc(C(=O)Nc2cccc(F)c2)nc1. The lowest BCUT2D eigenvalue weighted by Crippen LogP contribution is -2.21. The Hall–Kier alpha value is -2.47. The highest BCUT2D eigenvalue weighted by Gasteiger charge is 2.08. The number of amides is 1. The summed E-state index contributed by atoms with van der Waals surface area (Å²) >= 11 is 0. The molecule has 1 aromatic carbocycles. The molecule has 1 aromatic heterocycles. The maximum Gasteiger partial charge on any atom is 0.274 e. The van der Waals surface area contributed by atoms with E-state index in [4.69, 9.17) is 0 Å². The maximum atomic E-state index is 13.1. The van der Waals surface area contributed by atoms with Crippen molar-refractivity contribution in [3.05, 3.63) is 54.1 Å². The van der Waals surface area contributed by atoms with Crippen LogP contribution < -0.4 is 10.6 Å². The van der Waals surface area contributed by atoms with E-state index in [1.807, 2.05) is 14.1 Å². The standard InChI is InChI=1S/C16H19FN4O/c1-21(2)9-8-18-14-6-7-15(19-11-14)16(22)20-13-5-3-4-12(17)10-13/h3-7,10-11,18H,8-9H2,1-2H3,(H,20,22). The van der Waals surface area contributed by atoms with Crippen molar-refractivity contribution < 1.29 is 9.18 Å². The number of anilines is 2. The average Bonchev–Trinajstić information content (AvgIpc) is 2.47. The van der Waals surface area contributed by atoms with E-state index < -0.39 is 5.82 Å². The summed E-state index contributed by atoms with van der Waals surface area (Å²) in [5.41, 5.74) is 1.53. The normalized spacial score (nSPS) is 10.5. The third-order valence-electron chi connectivity index (χ3n) is 2.97. The molecule has 0 fully saturated rings. The van der Waals surface area contributed by atoms with Crippen molar-refractivity contribution in [2.45, 2.75) is 0 Å². The molecule has 116 valence electrons. The van der Waals surface area contributed by atoms with E-state index in [9.17, 15) is 9.18 Å². The van der Waals surface area contributed by atoms with Crippen molar-refractivity contribution >= 4 is 17.3 Å². The number of pyridine rings is 1. The second-order valence-electron chi connectivity index (χ2n) is 5.13. The second kappa shape index (κ2) is 7.51. The first-order valence-corrected chi connectivity index (χ1v) is 6.96. The van der Waals surface area contributed by atoms with Gasteiger partial charge in [0.15, 0.2) is 0 Å². The molecule has 0 saturated heterocycles. The number of rotatable bonds is 6. The van der Waals surface area contributed by atoms with Gasteiger partial charge in [-0.2, -0.15) is 0 Å². The van der Waals surface area contributed by atoms with Crippen LogP contribution >= 0.6 is 0 Å². The van der Waals surface area contributed by atoms with E-state index >= 15 is 0 Å². The molecule has 22 heavy (non-hydrogen) atoms. The summed E-state index contributed by atoms with van der Waals surface area (Å²) in [6.45, 7) is 1.70. The lowest BCUT2D eigenvalue weighted by molar-refractivity contribution is 0.102. The van der Waals surface area contributed by atoms with Gasteiger partial charge in [-0.15, -0.1) is 0 Å². The molecule has 2 rings (SSSR count). The van der Waals surface area contributed by atoms with Crippen molar-refractivity contribution in [2.75, 3.05) is 37.8 Å². The first-order chi connectivity index (χ1) is 10.5. The van der Waals surface area contributed by atoms with Crippen molar-refractivity contribution in [1.29, 1.82) is 0 Å². The van der Waals surface area contributed by atoms with Gasteiger partial charge < -0.3 is 15.5 Å². The van der Waals surface area contributed by atoms with E-state index in [1.165, 1.54) is 18.2 Å². The molecule has 1 amide bonds. The highest BCUT2D eigenvalue weighted by atomic mass is 19.1. The van der Waals surface area contributed by atoms with Gasteiger partial charge in [0.25, 0.3) is 5.91 Å². The van der Waals surface area contributed by atoms with Crippen LogP contribution in [-0.2, 0) is 0 Å². The molecule has 0 aliphatic rings. The van der Waals surface area contributed by atoms with Crippen LogP contribution in [-0.4, -0.2) is 43.0 Å². The van der Waals surface area contributed by atoms with Crippen molar-refractivity contribution in [3.8, 4) is 0 Å². The topological polar surface area (TPSA) is 57.3 Å². The number of carbonyl (C=O) groups excluding carboxylic acids is 1. The fraction of sp³-hybridized carbons (Fsp3) is 0.250. The summed E-state index contributed by atoms with van der Waals surface area (Å²) in [7, 11) is 4.00. The number of likely N-dealkylation sites (N-methyl/N-ethyl adjacent to an activating group) is 1. The van der Waals surface area contributed by atoms with Crippen LogP contribution in [0.3, 0.4) is 0 Å². The summed E-state index contributed by atoms with van der Waals surface area (Å²) < 4.78 is 13.1. The predicted octanol–water partition coefficient (Wildman–Crippen LogP) is 2.45. The zero-order valence-corrected chi connectivity index (χ0v) is 12.6. The number of halogens is 1. The summed E-state index contributed by atoms with van der Waals surface area (Å²) in [5, 5.41) is 5.82. The quantitative estimate of drug-likeness (QED) is 0.860. The van der Waals surface area contributed by atoms with Crippen LogP contribution in [0, 0.1) is 5.82 Å². The monoisotopic (exact) mass is 302 g/mol. The smallest absolute Gasteiger partial charge is 0.274 e. The van der Waals surface area contributed by atoms with Crippen LogP contribution in [0.15, 0.2) is 42.6 Å². The number of nitrogens with zero attached hydrogens (tertiary/aromatic N) is 2. The Morgan fingerprint density at radius 3 is 2.68 bits per heavy atom. The van der Waals surface area contributed by atoms with Gasteiger partial charge in [-0.05, 0) is 44.4 Å². The molecule has 1 heterocycles. The molecule has 0 aliphatic carbocycles. The average molecular weight is 302 g/mol. The molecule has 5 nitrogen and oxygen atoms in total. The predicted molar refractivity (Wildman–Crippen MR) is 85.6 cm³/mol. The molecular weight excluding hydrogens is 283 g/mol. The summed E-state index contributed by atoms with van der Waals surface area (Å²) in [6, 6.07) is 9.17. The Bertz CT molecular complexity index is 628. The number of carbonyl (C=O) groups is 1. The van der Waals surface area contributed by atoms with Gasteiger partial charge in [-0.25, -0.2) is 9.37 Å². The molecular formula is C16H19FN4O. The Morgan fingerprint density at radius 2 is 2.05 bits per heavy atom. The lowest BCUT2D eigenvalue weighted by Gasteiger charge is -2.11. The van der Waals surface area contributed by atoms with Gasteiger partial charge in [-0.1, -0.05) is 6.07 Å². The van der Waals surface area contributed by atoms with Crippen molar-refractivity contribution in [3.63, 3.8) is 0 Å². The highest BCUT2D eigenvalue weighted by molar-refractivity contribution is 6.02. The van der Waals surface area contributed by atoms with Gasteiger partial charge in [0.05, 0.1) is 11.9 Å².